The largest absolute Gasteiger partial charge is 0.487 e. The van der Waals surface area contributed by atoms with Crippen LogP contribution in [0.25, 0.3) is 32.7 Å². The fraction of sp³-hybridized carbons (Fsp3) is 0.429. The zero-order chi connectivity index (χ0) is 81.4. The summed E-state index contributed by atoms with van der Waals surface area (Å²) in [6, 6.07) is 13.5. The molecule has 49 heteroatoms. The highest BCUT2D eigenvalue weighted by Crippen LogP contribution is 2.67. The predicted octanol–water partition coefficient (Wildman–Crippen LogP) is 21.7. The molecule has 0 atom stereocenters. The molecule has 0 fully saturated rings. The Morgan fingerprint density at radius 3 is 0.743 bits per heavy atom. The van der Waals surface area contributed by atoms with E-state index in [0.717, 1.165) is 66.7 Å². The molecule has 3 nitrogen and oxygen atoms in total. The van der Waals surface area contributed by atoms with Crippen LogP contribution in [-0.2, 0) is 0 Å². The van der Waals surface area contributed by atoms with Gasteiger partial charge in [-0.25, -0.2) is 0 Å². The summed E-state index contributed by atoms with van der Waals surface area (Å²) in [6.07, 6.45) is -24.0. The molecule has 6 aromatic carbocycles. The maximum absolute atomic E-state index is 15.6. The third-order valence-corrected chi connectivity index (χ3v) is 17.4. The lowest BCUT2D eigenvalue weighted by Crippen LogP contribution is -2.73. The molecule has 0 aliphatic rings. The molecule has 6 aromatic rings. The van der Waals surface area contributed by atoms with E-state index >= 15 is 17.6 Å². The van der Waals surface area contributed by atoms with E-state index in [2.05, 4.69) is 9.47 Å². The minimum absolute atomic E-state index is 0.164. The molecule has 0 aliphatic heterocycles. The van der Waals surface area contributed by atoms with Crippen molar-refractivity contribution in [3.05, 3.63) is 121 Å². The average molecular weight is 1630 g/mol. The first kappa shape index (κ1) is 86.4. The number of rotatable bonds is 28. The maximum Gasteiger partial charge on any atom is 0.460 e. The molecule has 0 saturated carbocycles. The molecule has 105 heavy (non-hydrogen) atoms. The number of benzene rings is 6. The number of fused-ring (bicyclic) bond motifs is 2. The first-order chi connectivity index (χ1) is 46.7. The van der Waals surface area contributed by atoms with E-state index in [0.29, 0.717) is 30.3 Å². The first-order valence-corrected chi connectivity index (χ1v) is 27.9. The average Bonchev–Trinajstić information content (AvgIpc) is 0.719. The SMILES string of the molecule is FC(F)(F)C(F)(F)C(F)(F)C(F)(F)C(F)(F)C(F)(F)C(F)(F)COc1ccc(P(c2ccc(OCC(F)(F)C(F)(F)C(F)(F)C(F)(F)C(F)(F)C(F)(F)C(F)(F)F)cc2)c2ccc3ccccc3c2-c2c(OCC(F)(F)C(F)(F)C(F)(F)C(F)(F)C(F)(F)C(F)(F)C(F)(F)F)ccc3ccccc23)cc1. The zero-order valence-electron chi connectivity index (χ0n) is 48.8. The van der Waals surface area contributed by atoms with Crippen molar-refractivity contribution in [2.24, 2.45) is 0 Å². The molecule has 0 amide bonds. The summed E-state index contributed by atoms with van der Waals surface area (Å²) >= 11 is 0. The normalized spacial score (nSPS) is 15.3. The second kappa shape index (κ2) is 26.1. The van der Waals surface area contributed by atoms with Gasteiger partial charge in [0.05, 0.1) is 0 Å². The topological polar surface area (TPSA) is 27.7 Å². The maximum atomic E-state index is 15.6. The number of hydrogen-bond acceptors (Lipinski definition) is 3. The molecular weight excluding hydrogens is 1610 g/mol. The van der Waals surface area contributed by atoms with Crippen LogP contribution in [0.3, 0.4) is 0 Å². The van der Waals surface area contributed by atoms with Gasteiger partial charge in [0.2, 0.25) is 0 Å². The highest BCUT2D eigenvalue weighted by atomic mass is 31.1. The molecule has 588 valence electrons. The highest BCUT2D eigenvalue weighted by Gasteiger charge is 2.96. The van der Waals surface area contributed by atoms with Gasteiger partial charge in [0.15, 0.2) is 19.8 Å². The van der Waals surface area contributed by atoms with Gasteiger partial charge in [0.1, 0.15) is 17.2 Å². The van der Waals surface area contributed by atoms with E-state index in [4.69, 9.17) is 4.74 Å². The van der Waals surface area contributed by atoms with E-state index in [1.807, 2.05) is 0 Å². The van der Waals surface area contributed by atoms with E-state index in [-0.39, 0.29) is 35.0 Å². The van der Waals surface area contributed by atoms with Gasteiger partial charge < -0.3 is 14.2 Å². The lowest BCUT2D eigenvalue weighted by Gasteiger charge is -2.41. The summed E-state index contributed by atoms with van der Waals surface area (Å²) in [4.78, 5) is 0. The second-order valence-electron chi connectivity index (χ2n) is 21.8. The first-order valence-electron chi connectivity index (χ1n) is 26.6. The van der Waals surface area contributed by atoms with Gasteiger partial charge in [-0.1, -0.05) is 91.0 Å². The summed E-state index contributed by atoms with van der Waals surface area (Å²) in [7, 11) is -3.24. The summed E-state index contributed by atoms with van der Waals surface area (Å²) in [5.74, 6) is -154. The smallest absolute Gasteiger partial charge is 0.460 e. The summed E-state index contributed by atoms with van der Waals surface area (Å²) in [5.41, 5.74) is -1.68. The van der Waals surface area contributed by atoms with Gasteiger partial charge in [0.25, 0.3) is 0 Å². The number of ether oxygens (including phenoxy) is 3. The Morgan fingerprint density at radius 2 is 0.457 bits per heavy atom. The van der Waals surface area contributed by atoms with Crippen LogP contribution in [0.5, 0.6) is 17.2 Å². The third kappa shape index (κ3) is 13.1. The summed E-state index contributed by atoms with van der Waals surface area (Å²) < 4.78 is 646. The van der Waals surface area contributed by atoms with E-state index in [1.54, 1.807) is 0 Å². The van der Waals surface area contributed by atoms with Gasteiger partial charge in [-0.15, -0.1) is 0 Å². The molecule has 0 spiro atoms. The van der Waals surface area contributed by atoms with Crippen LogP contribution < -0.4 is 30.1 Å². The van der Waals surface area contributed by atoms with Crippen LogP contribution >= 0.6 is 7.92 Å². The molecule has 0 saturated heterocycles. The van der Waals surface area contributed by atoms with Gasteiger partial charge in [-0.05, 0) is 75.7 Å². The Hall–Kier alpha value is -7.48. The van der Waals surface area contributed by atoms with Gasteiger partial charge in [-0.2, -0.15) is 198 Å². The molecular formula is C56H26F45O3P. The monoisotopic (exact) mass is 1630 g/mol. The molecule has 0 bridgehead atoms. The van der Waals surface area contributed by atoms with Crippen LogP contribution in [0.15, 0.2) is 121 Å². The van der Waals surface area contributed by atoms with Crippen molar-refractivity contribution in [2.45, 2.75) is 125 Å². The molecule has 0 heterocycles. The minimum atomic E-state index is -8.84. The standard InChI is InChI=1S/C56H26F45O3P/c57-36(58,39(63,64)42(69,70)45(75,76)48(81,82)51(87,88)54(93,94)95)21-102-26-11-15-28(16-12-26)105(29-17-13-27(14-18-29)103-22-37(59,60)40(65,66)43(71,72)46(77,78)49(83,84)52(89,90)55(96,97)98)33-20-10-25-6-2-4-8-31(25)35(33)34-30-7-3-1-5-24(30)9-19-32(34)104-23-38(61,62)41(67,68)44(73,74)47(79,80)50(85,86)53(91,92)56(99,100)101/h1-20H,21-23H2. The Balaban J connectivity index is 1.55. The van der Waals surface area contributed by atoms with Crippen molar-refractivity contribution < 1.29 is 212 Å². The van der Waals surface area contributed by atoms with Gasteiger partial charge in [0, 0.05) is 11.1 Å². The third-order valence-electron chi connectivity index (χ3n) is 14.9. The van der Waals surface area contributed by atoms with Crippen molar-refractivity contribution in [3.8, 4) is 28.4 Å². The lowest BCUT2D eigenvalue weighted by molar-refractivity contribution is -0.453. The number of halogens is 45. The molecule has 0 aromatic heterocycles. The number of hydrogen-bond donors (Lipinski definition) is 0. The summed E-state index contributed by atoms with van der Waals surface area (Å²) in [5, 5.41) is -3.39. The van der Waals surface area contributed by atoms with Gasteiger partial charge >= 0.3 is 125 Å². The molecule has 0 radical (unpaired) electrons. The number of alkyl halides is 45. The van der Waals surface area contributed by atoms with Crippen molar-refractivity contribution in [1.29, 1.82) is 0 Å². The van der Waals surface area contributed by atoms with Gasteiger partial charge in [-0.3, -0.25) is 0 Å². The van der Waals surface area contributed by atoms with Crippen LogP contribution in [0.1, 0.15) is 0 Å². The van der Waals surface area contributed by atoms with E-state index < -0.39 is 208 Å². The molecule has 0 unspecified atom stereocenters. The Labute approximate surface area is 551 Å². The van der Waals surface area contributed by atoms with Crippen molar-refractivity contribution >= 4 is 45.4 Å². The summed E-state index contributed by atoms with van der Waals surface area (Å²) in [6.45, 7) is -10.7. The fourth-order valence-corrected chi connectivity index (χ4v) is 11.4. The highest BCUT2D eigenvalue weighted by molar-refractivity contribution is 7.80. The molecule has 0 aliphatic carbocycles. The van der Waals surface area contributed by atoms with Crippen LogP contribution in [0.4, 0.5) is 198 Å². The van der Waals surface area contributed by atoms with E-state index in [1.165, 1.54) is 0 Å². The zero-order valence-corrected chi connectivity index (χ0v) is 49.7. The Kier molecular flexibility index (Phi) is 21.5. The van der Waals surface area contributed by atoms with Crippen LogP contribution in [-0.4, -0.2) is 145 Å². The lowest BCUT2D eigenvalue weighted by atomic mass is 9.91. The van der Waals surface area contributed by atoms with Crippen molar-refractivity contribution in [3.63, 3.8) is 0 Å². The van der Waals surface area contributed by atoms with E-state index in [9.17, 15) is 180 Å². The Morgan fingerprint density at radius 1 is 0.219 bits per heavy atom. The minimum Gasteiger partial charge on any atom is -0.487 e. The Bertz CT molecular complexity index is 3960. The fourth-order valence-electron chi connectivity index (χ4n) is 8.93. The predicted molar refractivity (Wildman–Crippen MR) is 269 cm³/mol. The molecule has 0 N–H and O–H groups in total. The van der Waals surface area contributed by atoms with Crippen molar-refractivity contribution in [1.82, 2.24) is 0 Å². The quantitative estimate of drug-likeness (QED) is 0.0362. The van der Waals surface area contributed by atoms with Crippen LogP contribution in [0, 0.1) is 0 Å². The molecule has 6 rings (SSSR count). The van der Waals surface area contributed by atoms with Crippen LogP contribution in [0.2, 0.25) is 0 Å². The van der Waals surface area contributed by atoms with Crippen molar-refractivity contribution in [2.75, 3.05) is 19.8 Å². The second-order valence-corrected chi connectivity index (χ2v) is 23.9.